The van der Waals surface area contributed by atoms with Gasteiger partial charge in [-0.2, -0.15) is 0 Å². The normalized spacial score (nSPS) is 16.1. The Bertz CT molecular complexity index is 1240. The smallest absolute Gasteiger partial charge is 0.256 e. The summed E-state index contributed by atoms with van der Waals surface area (Å²) in [7, 11) is 0. The molecule has 0 spiro atoms. The number of allylic oxidation sites excluding steroid dienone is 2. The van der Waals surface area contributed by atoms with Gasteiger partial charge in [0, 0.05) is 60.5 Å². The predicted molar refractivity (Wildman–Crippen MR) is 113 cm³/mol. The van der Waals surface area contributed by atoms with Crippen molar-refractivity contribution in [2.24, 2.45) is 0 Å². The third-order valence-electron chi connectivity index (χ3n) is 5.95. The molecule has 0 radical (unpaired) electrons. The molecular formula is C23H23FN4O2. The largest absolute Gasteiger partial charge is 0.373 e. The van der Waals surface area contributed by atoms with Gasteiger partial charge >= 0.3 is 0 Å². The van der Waals surface area contributed by atoms with Crippen LogP contribution in [-0.4, -0.2) is 32.7 Å². The van der Waals surface area contributed by atoms with Gasteiger partial charge in [-0.3, -0.25) is 9.36 Å². The summed E-state index contributed by atoms with van der Waals surface area (Å²) in [6.45, 7) is 4.16. The number of aryl methyl sites for hydroxylation is 2. The molecule has 0 aliphatic carbocycles. The highest BCUT2D eigenvalue weighted by Gasteiger charge is 2.18. The average Bonchev–Trinajstić information content (AvgIpc) is 3.17. The van der Waals surface area contributed by atoms with Crippen LogP contribution >= 0.6 is 0 Å². The van der Waals surface area contributed by atoms with E-state index < -0.39 is 0 Å². The second-order valence-corrected chi connectivity index (χ2v) is 7.90. The van der Waals surface area contributed by atoms with Crippen molar-refractivity contribution in [2.75, 3.05) is 13.1 Å². The monoisotopic (exact) mass is 406 g/mol. The summed E-state index contributed by atoms with van der Waals surface area (Å²) in [6.07, 6.45) is 9.77. The third kappa shape index (κ3) is 3.34. The second kappa shape index (κ2) is 7.55. The van der Waals surface area contributed by atoms with Crippen LogP contribution < -0.4 is 5.56 Å². The zero-order chi connectivity index (χ0) is 20.7. The molecule has 2 aliphatic heterocycles. The number of rotatable bonds is 4. The Morgan fingerprint density at radius 3 is 3.00 bits per heavy atom. The van der Waals surface area contributed by atoms with Crippen LogP contribution in [-0.2, 0) is 19.4 Å². The molecule has 0 saturated heterocycles. The van der Waals surface area contributed by atoms with E-state index in [-0.39, 0.29) is 11.4 Å². The Morgan fingerprint density at radius 2 is 2.17 bits per heavy atom. The molecule has 0 N–H and O–H groups in total. The lowest BCUT2D eigenvalue weighted by Gasteiger charge is -2.23. The maximum absolute atomic E-state index is 13.4. The third-order valence-corrected chi connectivity index (χ3v) is 5.95. The molecular weight excluding hydrogens is 383 g/mol. The fraction of sp³-hybridized carbons (Fsp3) is 0.348. The Morgan fingerprint density at radius 1 is 1.27 bits per heavy atom. The van der Waals surface area contributed by atoms with Crippen molar-refractivity contribution in [1.82, 2.24) is 19.6 Å². The van der Waals surface area contributed by atoms with E-state index in [0.29, 0.717) is 24.2 Å². The van der Waals surface area contributed by atoms with Crippen LogP contribution in [0.15, 0.2) is 45.9 Å². The molecule has 4 heterocycles. The van der Waals surface area contributed by atoms with Gasteiger partial charge in [0.15, 0.2) is 5.58 Å². The van der Waals surface area contributed by atoms with E-state index in [9.17, 15) is 9.18 Å². The molecule has 1 aromatic carbocycles. The van der Waals surface area contributed by atoms with E-state index in [1.807, 2.05) is 23.8 Å². The molecule has 3 aromatic rings. The van der Waals surface area contributed by atoms with E-state index >= 15 is 0 Å². The lowest BCUT2D eigenvalue weighted by Crippen LogP contribution is -2.33. The van der Waals surface area contributed by atoms with Gasteiger partial charge in [0.1, 0.15) is 17.3 Å². The molecule has 2 aromatic heterocycles. The SMILES string of the molecule is Cc1nc2n(c(=O)c1CCN1C=CC(c3noc4cc(F)ccc34)=CC1)CCCC2. The van der Waals surface area contributed by atoms with Crippen LogP contribution in [0.5, 0.6) is 0 Å². The highest BCUT2D eigenvalue weighted by molar-refractivity contribution is 5.91. The summed E-state index contributed by atoms with van der Waals surface area (Å²) < 4.78 is 20.5. The molecule has 6 nitrogen and oxygen atoms in total. The van der Waals surface area contributed by atoms with Gasteiger partial charge in [-0.1, -0.05) is 11.2 Å². The van der Waals surface area contributed by atoms with Crippen molar-refractivity contribution in [1.29, 1.82) is 0 Å². The van der Waals surface area contributed by atoms with Gasteiger partial charge < -0.3 is 9.42 Å². The average molecular weight is 406 g/mol. The second-order valence-electron chi connectivity index (χ2n) is 7.90. The maximum atomic E-state index is 13.4. The Labute approximate surface area is 173 Å². The summed E-state index contributed by atoms with van der Waals surface area (Å²) in [5.74, 6) is 0.588. The van der Waals surface area contributed by atoms with E-state index in [0.717, 1.165) is 60.4 Å². The molecule has 0 atom stereocenters. The summed E-state index contributed by atoms with van der Waals surface area (Å²) in [4.78, 5) is 19.7. The lowest BCUT2D eigenvalue weighted by molar-refractivity contribution is 0.412. The topological polar surface area (TPSA) is 64.2 Å². The fourth-order valence-electron chi connectivity index (χ4n) is 4.27. The van der Waals surface area contributed by atoms with Gasteiger partial charge in [0.2, 0.25) is 0 Å². The van der Waals surface area contributed by atoms with Crippen LogP contribution in [0.2, 0.25) is 0 Å². The number of fused-ring (bicyclic) bond motifs is 2. The van der Waals surface area contributed by atoms with Crippen molar-refractivity contribution < 1.29 is 8.91 Å². The molecule has 0 bridgehead atoms. The minimum Gasteiger partial charge on any atom is -0.373 e. The molecule has 0 fully saturated rings. The first-order chi connectivity index (χ1) is 14.6. The standard InChI is InChI=1S/C23H23FN4O2/c1-15-18(23(29)28-10-3-2-4-21(28)25-15)9-13-27-11-7-16(8-12-27)22-19-6-5-17(24)14-20(19)30-26-22/h5-8,11,14H,2-4,9-10,12-13H2,1H3. The number of nitrogens with zero attached hydrogens (tertiary/aromatic N) is 4. The molecule has 0 unspecified atom stereocenters. The number of halogens is 1. The Balaban J connectivity index is 1.29. The van der Waals surface area contributed by atoms with Gasteiger partial charge in [-0.15, -0.1) is 0 Å². The van der Waals surface area contributed by atoms with E-state index in [2.05, 4.69) is 21.1 Å². The minimum atomic E-state index is -0.340. The summed E-state index contributed by atoms with van der Waals surface area (Å²) in [6, 6.07) is 4.45. The van der Waals surface area contributed by atoms with Crippen LogP contribution in [0.1, 0.15) is 35.6 Å². The quantitative estimate of drug-likeness (QED) is 0.662. The minimum absolute atomic E-state index is 0.121. The number of hydrogen-bond donors (Lipinski definition) is 0. The Hall–Kier alpha value is -3.22. The lowest BCUT2D eigenvalue weighted by atomic mass is 10.1. The summed E-state index contributed by atoms with van der Waals surface area (Å²) in [5.41, 5.74) is 3.89. The van der Waals surface area contributed by atoms with Crippen LogP contribution in [0, 0.1) is 12.7 Å². The maximum Gasteiger partial charge on any atom is 0.256 e. The van der Waals surface area contributed by atoms with Crippen LogP contribution in [0.4, 0.5) is 4.39 Å². The number of aromatic nitrogens is 3. The fourth-order valence-corrected chi connectivity index (χ4v) is 4.27. The molecule has 5 rings (SSSR count). The number of benzene rings is 1. The van der Waals surface area contributed by atoms with Crippen LogP contribution in [0.3, 0.4) is 0 Å². The molecule has 2 aliphatic rings. The first kappa shape index (κ1) is 18.8. The summed E-state index contributed by atoms with van der Waals surface area (Å²) >= 11 is 0. The molecule has 154 valence electrons. The van der Waals surface area contributed by atoms with Crippen LogP contribution in [0.25, 0.3) is 16.5 Å². The first-order valence-corrected chi connectivity index (χ1v) is 10.4. The van der Waals surface area contributed by atoms with Gasteiger partial charge in [0.05, 0.1) is 0 Å². The van der Waals surface area contributed by atoms with Crippen molar-refractivity contribution in [2.45, 2.75) is 39.2 Å². The van der Waals surface area contributed by atoms with Crippen molar-refractivity contribution in [3.05, 3.63) is 75.5 Å². The summed E-state index contributed by atoms with van der Waals surface area (Å²) in [5, 5.41) is 4.91. The van der Waals surface area contributed by atoms with Gasteiger partial charge in [0.25, 0.3) is 5.56 Å². The molecule has 0 saturated carbocycles. The molecule has 7 heteroatoms. The molecule has 30 heavy (non-hydrogen) atoms. The highest BCUT2D eigenvalue weighted by atomic mass is 19.1. The Kier molecular flexibility index (Phi) is 4.73. The highest BCUT2D eigenvalue weighted by Crippen LogP contribution is 2.27. The van der Waals surface area contributed by atoms with E-state index in [1.54, 1.807) is 6.07 Å². The van der Waals surface area contributed by atoms with Gasteiger partial charge in [-0.25, -0.2) is 9.37 Å². The molecule has 0 amide bonds. The zero-order valence-electron chi connectivity index (χ0n) is 16.9. The van der Waals surface area contributed by atoms with Crippen molar-refractivity contribution in [3.8, 4) is 0 Å². The zero-order valence-corrected chi connectivity index (χ0v) is 16.9. The van der Waals surface area contributed by atoms with Crippen molar-refractivity contribution >= 4 is 16.5 Å². The van der Waals surface area contributed by atoms with Gasteiger partial charge in [-0.05, 0) is 44.4 Å². The predicted octanol–water partition coefficient (Wildman–Crippen LogP) is 3.62. The van der Waals surface area contributed by atoms with E-state index in [1.165, 1.54) is 12.1 Å². The van der Waals surface area contributed by atoms with E-state index in [4.69, 9.17) is 4.52 Å². The van der Waals surface area contributed by atoms with Crippen molar-refractivity contribution in [3.63, 3.8) is 0 Å². The number of hydrogen-bond acceptors (Lipinski definition) is 5. The first-order valence-electron chi connectivity index (χ1n) is 10.4.